The summed E-state index contributed by atoms with van der Waals surface area (Å²) in [5.41, 5.74) is 3.54. The van der Waals surface area contributed by atoms with Gasteiger partial charge in [0.05, 0.1) is 15.5 Å². The van der Waals surface area contributed by atoms with Crippen molar-refractivity contribution in [3.8, 4) is 0 Å². The summed E-state index contributed by atoms with van der Waals surface area (Å²) < 4.78 is 0. The Balaban J connectivity index is 2.08. The van der Waals surface area contributed by atoms with E-state index in [4.69, 9.17) is 0 Å². The molecule has 2 aromatic rings. The van der Waals surface area contributed by atoms with Gasteiger partial charge in [-0.1, -0.05) is 13.0 Å². The van der Waals surface area contributed by atoms with Gasteiger partial charge < -0.3 is 0 Å². The van der Waals surface area contributed by atoms with E-state index in [1.54, 1.807) is 11.3 Å². The van der Waals surface area contributed by atoms with Crippen LogP contribution in [0, 0.1) is 10.1 Å². The van der Waals surface area contributed by atoms with Crippen molar-refractivity contribution in [1.29, 1.82) is 0 Å². The number of nitro groups is 1. The standard InChI is InChI=1S/C14H13N3O3S/c1-2-12(13-4-3-9-21-13)15-16-14(18)10-5-7-11(8-6-10)17(19)20/h3-9H,2H2,1H3,(H,16,18)/b15-12-. The third-order valence-electron chi connectivity index (χ3n) is 2.77. The Morgan fingerprint density at radius 3 is 2.57 bits per heavy atom. The molecule has 1 N–H and O–H groups in total. The van der Waals surface area contributed by atoms with Crippen LogP contribution in [0.4, 0.5) is 5.69 Å². The monoisotopic (exact) mass is 303 g/mol. The fraction of sp³-hybridized carbons (Fsp3) is 0.143. The zero-order valence-corrected chi connectivity index (χ0v) is 12.1. The van der Waals surface area contributed by atoms with Crippen LogP contribution in [-0.2, 0) is 0 Å². The molecule has 0 spiro atoms. The molecule has 0 saturated heterocycles. The molecule has 0 aliphatic heterocycles. The van der Waals surface area contributed by atoms with Gasteiger partial charge in [0, 0.05) is 17.7 Å². The maximum absolute atomic E-state index is 11.9. The number of nitro benzene ring substituents is 1. The van der Waals surface area contributed by atoms with Crippen molar-refractivity contribution in [3.63, 3.8) is 0 Å². The van der Waals surface area contributed by atoms with Crippen molar-refractivity contribution < 1.29 is 9.72 Å². The number of amides is 1. The Bertz CT molecular complexity index is 663. The number of thiophene rings is 1. The molecule has 21 heavy (non-hydrogen) atoms. The van der Waals surface area contributed by atoms with Gasteiger partial charge in [-0.15, -0.1) is 11.3 Å². The topological polar surface area (TPSA) is 84.6 Å². The largest absolute Gasteiger partial charge is 0.271 e. The molecule has 0 saturated carbocycles. The molecule has 2 rings (SSSR count). The molecular formula is C14H13N3O3S. The maximum atomic E-state index is 11.9. The summed E-state index contributed by atoms with van der Waals surface area (Å²) in [6, 6.07) is 9.24. The van der Waals surface area contributed by atoms with E-state index < -0.39 is 10.8 Å². The first-order valence-electron chi connectivity index (χ1n) is 6.27. The summed E-state index contributed by atoms with van der Waals surface area (Å²) in [5.74, 6) is -0.396. The summed E-state index contributed by atoms with van der Waals surface area (Å²) >= 11 is 1.55. The maximum Gasteiger partial charge on any atom is 0.271 e. The van der Waals surface area contributed by atoms with Crippen molar-refractivity contribution in [2.45, 2.75) is 13.3 Å². The number of nitrogens with zero attached hydrogens (tertiary/aromatic N) is 2. The highest BCUT2D eigenvalue weighted by molar-refractivity contribution is 7.12. The molecule has 0 fully saturated rings. The van der Waals surface area contributed by atoms with Gasteiger partial charge in [0.15, 0.2) is 0 Å². The predicted octanol–water partition coefficient (Wildman–Crippen LogP) is 3.20. The molecule has 0 bridgehead atoms. The zero-order valence-electron chi connectivity index (χ0n) is 11.3. The van der Waals surface area contributed by atoms with Crippen molar-refractivity contribution in [2.75, 3.05) is 0 Å². The van der Waals surface area contributed by atoms with E-state index in [9.17, 15) is 14.9 Å². The molecule has 1 aromatic carbocycles. The summed E-state index contributed by atoms with van der Waals surface area (Å²) in [4.78, 5) is 23.0. The second kappa shape index (κ2) is 6.76. The van der Waals surface area contributed by atoms with Gasteiger partial charge >= 0.3 is 0 Å². The Morgan fingerprint density at radius 1 is 1.33 bits per heavy atom. The molecule has 108 valence electrons. The van der Waals surface area contributed by atoms with E-state index >= 15 is 0 Å². The fourth-order valence-electron chi connectivity index (χ4n) is 1.67. The van der Waals surface area contributed by atoms with Gasteiger partial charge in [0.1, 0.15) is 0 Å². The second-order valence-corrected chi connectivity index (χ2v) is 5.08. The van der Waals surface area contributed by atoms with Gasteiger partial charge in [-0.05, 0) is 30.0 Å². The molecule has 1 heterocycles. The van der Waals surface area contributed by atoms with E-state index in [1.807, 2.05) is 24.4 Å². The molecule has 1 aromatic heterocycles. The molecule has 0 atom stereocenters. The number of hydrazone groups is 1. The van der Waals surface area contributed by atoms with Gasteiger partial charge in [0.25, 0.3) is 11.6 Å². The summed E-state index contributed by atoms with van der Waals surface area (Å²) in [7, 11) is 0. The highest BCUT2D eigenvalue weighted by atomic mass is 32.1. The zero-order chi connectivity index (χ0) is 15.2. The lowest BCUT2D eigenvalue weighted by Crippen LogP contribution is -2.19. The van der Waals surface area contributed by atoms with Crippen molar-refractivity contribution in [3.05, 3.63) is 62.3 Å². The first kappa shape index (κ1) is 14.9. The van der Waals surface area contributed by atoms with E-state index in [1.165, 1.54) is 24.3 Å². The minimum Gasteiger partial charge on any atom is -0.267 e. The number of nitrogens with one attached hydrogen (secondary N) is 1. The van der Waals surface area contributed by atoms with Gasteiger partial charge in [0.2, 0.25) is 0 Å². The number of hydrogen-bond acceptors (Lipinski definition) is 5. The molecular weight excluding hydrogens is 290 g/mol. The van der Waals surface area contributed by atoms with Crippen LogP contribution in [0.2, 0.25) is 0 Å². The van der Waals surface area contributed by atoms with Crippen LogP contribution in [-0.4, -0.2) is 16.5 Å². The minimum atomic E-state index is -0.508. The van der Waals surface area contributed by atoms with E-state index in [-0.39, 0.29) is 5.69 Å². The highest BCUT2D eigenvalue weighted by Gasteiger charge is 2.09. The second-order valence-electron chi connectivity index (χ2n) is 4.13. The molecule has 0 aliphatic rings. The highest BCUT2D eigenvalue weighted by Crippen LogP contribution is 2.13. The van der Waals surface area contributed by atoms with Crippen molar-refractivity contribution in [1.82, 2.24) is 5.43 Å². The minimum absolute atomic E-state index is 0.0529. The van der Waals surface area contributed by atoms with Gasteiger partial charge in [-0.3, -0.25) is 14.9 Å². The van der Waals surface area contributed by atoms with Crippen LogP contribution in [0.15, 0.2) is 46.9 Å². The molecule has 1 amide bonds. The average Bonchev–Trinajstić information content (AvgIpc) is 3.02. The quantitative estimate of drug-likeness (QED) is 0.523. The summed E-state index contributed by atoms with van der Waals surface area (Å²) in [6.07, 6.45) is 0.695. The normalized spacial score (nSPS) is 11.2. The van der Waals surface area contributed by atoms with Gasteiger partial charge in [-0.25, -0.2) is 5.43 Å². The first-order chi connectivity index (χ1) is 10.1. The van der Waals surface area contributed by atoms with Crippen LogP contribution in [0.1, 0.15) is 28.6 Å². The fourth-order valence-corrected chi connectivity index (χ4v) is 2.46. The smallest absolute Gasteiger partial charge is 0.267 e. The number of rotatable bonds is 5. The van der Waals surface area contributed by atoms with Gasteiger partial charge in [-0.2, -0.15) is 5.10 Å². The van der Waals surface area contributed by atoms with Crippen LogP contribution in [0.3, 0.4) is 0 Å². The van der Waals surface area contributed by atoms with Crippen molar-refractivity contribution >= 4 is 28.6 Å². The SMILES string of the molecule is CC/C(=N/NC(=O)c1ccc([N+](=O)[O-])cc1)c1cccs1. The number of carbonyl (C=O) groups is 1. The first-order valence-corrected chi connectivity index (χ1v) is 7.15. The Hall–Kier alpha value is -2.54. The molecule has 0 aliphatic carbocycles. The predicted molar refractivity (Wildman–Crippen MR) is 81.7 cm³/mol. The van der Waals surface area contributed by atoms with Crippen LogP contribution >= 0.6 is 11.3 Å². The lowest BCUT2D eigenvalue weighted by molar-refractivity contribution is -0.384. The van der Waals surface area contributed by atoms with Crippen LogP contribution in [0.5, 0.6) is 0 Å². The van der Waals surface area contributed by atoms with Crippen LogP contribution in [0.25, 0.3) is 0 Å². The number of non-ortho nitro benzene ring substituents is 1. The summed E-state index contributed by atoms with van der Waals surface area (Å²) in [6.45, 7) is 1.95. The number of hydrogen-bond donors (Lipinski definition) is 1. The Labute approximate surface area is 125 Å². The lowest BCUT2D eigenvalue weighted by Gasteiger charge is -2.03. The molecule has 7 heteroatoms. The Morgan fingerprint density at radius 2 is 2.05 bits per heavy atom. The van der Waals surface area contributed by atoms with Crippen LogP contribution < -0.4 is 5.43 Å². The molecule has 0 unspecified atom stereocenters. The third kappa shape index (κ3) is 3.73. The third-order valence-corrected chi connectivity index (χ3v) is 3.69. The molecule has 0 radical (unpaired) electrons. The van der Waals surface area contributed by atoms with Crippen molar-refractivity contribution in [2.24, 2.45) is 5.10 Å². The van der Waals surface area contributed by atoms with E-state index in [0.29, 0.717) is 12.0 Å². The van der Waals surface area contributed by atoms with E-state index in [2.05, 4.69) is 10.5 Å². The summed E-state index contributed by atoms with van der Waals surface area (Å²) in [5, 5.41) is 16.6. The molecule has 6 nitrogen and oxygen atoms in total. The average molecular weight is 303 g/mol. The number of benzene rings is 1. The lowest BCUT2D eigenvalue weighted by atomic mass is 10.2. The number of carbonyl (C=O) groups excluding carboxylic acids is 1. The Kier molecular flexibility index (Phi) is 4.78. The van der Waals surface area contributed by atoms with E-state index in [0.717, 1.165) is 10.6 Å².